The molecule has 0 bridgehead atoms. The lowest BCUT2D eigenvalue weighted by molar-refractivity contribution is -0.131. The molecule has 0 aromatic heterocycles. The van der Waals surface area contributed by atoms with Crippen LogP contribution in [0.25, 0.3) is 0 Å². The standard InChI is InChI=1S/C14H22N2O4/c1-13(2,3)20-12(19)16-10(17)14(15-11(16)18)8-6-4-5-7-9-14/h4-9H2,1-3H3,(H,15,18). The molecule has 0 aromatic rings. The highest BCUT2D eigenvalue weighted by atomic mass is 16.6. The fourth-order valence-corrected chi connectivity index (χ4v) is 2.76. The molecule has 6 heteroatoms. The van der Waals surface area contributed by atoms with Crippen molar-refractivity contribution in [1.82, 2.24) is 10.2 Å². The minimum atomic E-state index is -0.898. The number of ether oxygens (including phenoxy) is 1. The molecule has 1 spiro atoms. The SMILES string of the molecule is CC(C)(C)OC(=O)N1C(=O)NC2(CCCCCC2)C1=O. The lowest BCUT2D eigenvalue weighted by Crippen LogP contribution is -2.47. The Morgan fingerprint density at radius 3 is 2.20 bits per heavy atom. The van der Waals surface area contributed by atoms with Crippen molar-refractivity contribution in [2.75, 3.05) is 0 Å². The first-order valence-corrected chi connectivity index (χ1v) is 7.15. The molecule has 0 aromatic carbocycles. The van der Waals surface area contributed by atoms with Crippen LogP contribution in [0.1, 0.15) is 59.3 Å². The lowest BCUT2D eigenvalue weighted by Gasteiger charge is -2.25. The zero-order valence-electron chi connectivity index (χ0n) is 12.3. The molecule has 2 fully saturated rings. The van der Waals surface area contributed by atoms with Crippen LogP contribution in [-0.4, -0.2) is 34.1 Å². The molecule has 0 atom stereocenters. The minimum absolute atomic E-state index is 0.460. The molecular weight excluding hydrogens is 260 g/mol. The van der Waals surface area contributed by atoms with Gasteiger partial charge in [-0.25, -0.2) is 9.59 Å². The Kier molecular flexibility index (Phi) is 3.75. The van der Waals surface area contributed by atoms with Crippen molar-refractivity contribution in [2.24, 2.45) is 0 Å². The quantitative estimate of drug-likeness (QED) is 0.693. The van der Waals surface area contributed by atoms with Crippen LogP contribution < -0.4 is 5.32 Å². The zero-order valence-corrected chi connectivity index (χ0v) is 12.3. The number of nitrogens with one attached hydrogen (secondary N) is 1. The summed E-state index contributed by atoms with van der Waals surface area (Å²) < 4.78 is 5.13. The third-order valence-electron chi connectivity index (χ3n) is 3.69. The number of carbonyl (C=O) groups is 3. The number of urea groups is 1. The summed E-state index contributed by atoms with van der Waals surface area (Å²) in [6, 6.07) is -0.661. The van der Waals surface area contributed by atoms with Gasteiger partial charge in [-0.1, -0.05) is 25.7 Å². The van der Waals surface area contributed by atoms with Gasteiger partial charge < -0.3 is 10.1 Å². The topological polar surface area (TPSA) is 75.7 Å². The lowest BCUT2D eigenvalue weighted by atomic mass is 9.90. The van der Waals surface area contributed by atoms with E-state index in [1.54, 1.807) is 20.8 Å². The van der Waals surface area contributed by atoms with E-state index < -0.39 is 29.2 Å². The third-order valence-corrected chi connectivity index (χ3v) is 3.69. The summed E-state index contributed by atoms with van der Waals surface area (Å²) in [5.74, 6) is -0.460. The summed E-state index contributed by atoms with van der Waals surface area (Å²) in [5, 5.41) is 2.71. The van der Waals surface area contributed by atoms with Crippen molar-refractivity contribution >= 4 is 18.0 Å². The molecule has 1 aliphatic carbocycles. The molecule has 1 heterocycles. The highest BCUT2D eigenvalue weighted by Crippen LogP contribution is 2.33. The summed E-state index contributed by atoms with van der Waals surface area (Å²) in [4.78, 5) is 37.1. The Labute approximate surface area is 118 Å². The van der Waals surface area contributed by atoms with Crippen LogP contribution in [0, 0.1) is 0 Å². The summed E-state index contributed by atoms with van der Waals surface area (Å²) >= 11 is 0. The van der Waals surface area contributed by atoms with Crippen molar-refractivity contribution in [3.8, 4) is 0 Å². The molecule has 1 aliphatic heterocycles. The third kappa shape index (κ3) is 2.78. The largest absolute Gasteiger partial charge is 0.443 e. The Morgan fingerprint density at radius 2 is 1.70 bits per heavy atom. The van der Waals surface area contributed by atoms with Crippen LogP contribution >= 0.6 is 0 Å². The fourth-order valence-electron chi connectivity index (χ4n) is 2.76. The van der Waals surface area contributed by atoms with E-state index in [-0.39, 0.29) is 0 Å². The summed E-state index contributed by atoms with van der Waals surface area (Å²) in [6.45, 7) is 5.10. The van der Waals surface area contributed by atoms with Crippen molar-refractivity contribution in [3.05, 3.63) is 0 Å². The van der Waals surface area contributed by atoms with Crippen molar-refractivity contribution in [2.45, 2.75) is 70.4 Å². The summed E-state index contributed by atoms with van der Waals surface area (Å²) in [7, 11) is 0. The van der Waals surface area contributed by atoms with E-state index in [1.807, 2.05) is 0 Å². The zero-order chi connectivity index (χ0) is 15.0. The molecule has 20 heavy (non-hydrogen) atoms. The van der Waals surface area contributed by atoms with Gasteiger partial charge in [-0.15, -0.1) is 0 Å². The van der Waals surface area contributed by atoms with Crippen molar-refractivity contribution in [3.63, 3.8) is 0 Å². The Bertz CT molecular complexity index is 431. The second-order valence-electron chi connectivity index (χ2n) is 6.55. The molecule has 112 valence electrons. The monoisotopic (exact) mass is 282 g/mol. The first-order chi connectivity index (χ1) is 9.25. The van der Waals surface area contributed by atoms with Crippen LogP contribution in [0.5, 0.6) is 0 Å². The fraction of sp³-hybridized carbons (Fsp3) is 0.786. The van der Waals surface area contributed by atoms with Gasteiger partial charge >= 0.3 is 12.1 Å². The molecule has 2 aliphatic rings. The molecule has 1 N–H and O–H groups in total. The average molecular weight is 282 g/mol. The predicted octanol–water partition coefficient (Wildman–Crippen LogP) is 2.57. The van der Waals surface area contributed by atoms with E-state index in [2.05, 4.69) is 5.32 Å². The van der Waals surface area contributed by atoms with Gasteiger partial charge in [0.2, 0.25) is 0 Å². The van der Waals surface area contributed by atoms with Crippen LogP contribution in [0.2, 0.25) is 0 Å². The van der Waals surface area contributed by atoms with Crippen LogP contribution in [0.4, 0.5) is 9.59 Å². The number of nitrogens with zero attached hydrogens (tertiary/aromatic N) is 1. The normalized spacial score (nSPS) is 22.6. The van der Waals surface area contributed by atoms with E-state index in [9.17, 15) is 14.4 Å². The number of imide groups is 3. The highest BCUT2D eigenvalue weighted by molar-refractivity contribution is 6.16. The maximum absolute atomic E-state index is 12.5. The van der Waals surface area contributed by atoms with Gasteiger partial charge in [-0.2, -0.15) is 4.90 Å². The van der Waals surface area contributed by atoms with E-state index in [0.717, 1.165) is 25.7 Å². The first kappa shape index (κ1) is 14.8. The van der Waals surface area contributed by atoms with E-state index in [1.165, 1.54) is 0 Å². The second kappa shape index (κ2) is 5.07. The van der Waals surface area contributed by atoms with Crippen LogP contribution in [0.3, 0.4) is 0 Å². The molecule has 1 saturated carbocycles. The number of hydrogen-bond donors (Lipinski definition) is 1. The van der Waals surface area contributed by atoms with E-state index in [0.29, 0.717) is 17.7 Å². The Balaban J connectivity index is 2.18. The molecule has 6 nitrogen and oxygen atoms in total. The molecule has 4 amide bonds. The van der Waals surface area contributed by atoms with Crippen molar-refractivity contribution < 1.29 is 19.1 Å². The number of hydrogen-bond acceptors (Lipinski definition) is 4. The van der Waals surface area contributed by atoms with Gasteiger partial charge in [-0.3, -0.25) is 4.79 Å². The molecule has 0 radical (unpaired) electrons. The summed E-state index contributed by atoms with van der Waals surface area (Å²) in [5.41, 5.74) is -1.64. The van der Waals surface area contributed by atoms with Gasteiger partial charge in [0, 0.05) is 0 Å². The molecule has 1 saturated heterocycles. The maximum atomic E-state index is 12.5. The van der Waals surface area contributed by atoms with Crippen molar-refractivity contribution in [1.29, 1.82) is 0 Å². The van der Waals surface area contributed by atoms with Gasteiger partial charge in [0.05, 0.1) is 0 Å². The second-order valence-corrected chi connectivity index (χ2v) is 6.55. The Morgan fingerprint density at radius 1 is 1.15 bits per heavy atom. The maximum Gasteiger partial charge on any atom is 0.425 e. The molecule has 0 unspecified atom stereocenters. The van der Waals surface area contributed by atoms with E-state index in [4.69, 9.17) is 4.74 Å². The minimum Gasteiger partial charge on any atom is -0.443 e. The number of carbonyl (C=O) groups excluding carboxylic acids is 3. The van der Waals surface area contributed by atoms with Crippen LogP contribution in [-0.2, 0) is 9.53 Å². The van der Waals surface area contributed by atoms with Gasteiger partial charge in [0.1, 0.15) is 11.1 Å². The number of amides is 4. The van der Waals surface area contributed by atoms with E-state index >= 15 is 0 Å². The molecule has 2 rings (SSSR count). The Hall–Kier alpha value is -1.59. The highest BCUT2D eigenvalue weighted by Gasteiger charge is 2.54. The molecular formula is C14H22N2O4. The predicted molar refractivity (Wildman–Crippen MR) is 72.0 cm³/mol. The smallest absolute Gasteiger partial charge is 0.425 e. The van der Waals surface area contributed by atoms with Gasteiger partial charge in [0.25, 0.3) is 5.91 Å². The summed E-state index contributed by atoms with van der Waals surface area (Å²) in [6.07, 6.45) is 4.17. The average Bonchev–Trinajstić information content (AvgIpc) is 2.48. The van der Waals surface area contributed by atoms with Gasteiger partial charge in [0.15, 0.2) is 0 Å². The van der Waals surface area contributed by atoms with Crippen LogP contribution in [0.15, 0.2) is 0 Å². The first-order valence-electron chi connectivity index (χ1n) is 7.15. The van der Waals surface area contributed by atoms with Gasteiger partial charge in [-0.05, 0) is 33.6 Å². The number of rotatable bonds is 0.